The number of rotatable bonds is 6. The Bertz CT molecular complexity index is 896. The number of amides is 1. The Morgan fingerprint density at radius 3 is 2.70 bits per heavy atom. The summed E-state index contributed by atoms with van der Waals surface area (Å²) in [6, 6.07) is 9.75. The van der Waals surface area contributed by atoms with Crippen molar-refractivity contribution in [3.05, 3.63) is 71.8 Å². The van der Waals surface area contributed by atoms with Gasteiger partial charge in [0.05, 0.1) is 0 Å². The molecule has 144 valence electrons. The lowest BCUT2D eigenvalue weighted by molar-refractivity contribution is -0.117. The fraction of sp³-hybridized carbons (Fsp3) is 0.158. The highest BCUT2D eigenvalue weighted by molar-refractivity contribution is 5.95. The molecule has 0 aliphatic rings. The summed E-state index contributed by atoms with van der Waals surface area (Å²) < 4.78 is 13.0. The Kier molecular flexibility index (Phi) is 8.94. The summed E-state index contributed by atoms with van der Waals surface area (Å²) in [6.45, 7) is 0.300. The normalized spacial score (nSPS) is 11.6. The summed E-state index contributed by atoms with van der Waals surface area (Å²) in [7, 11) is 0. The van der Waals surface area contributed by atoms with Gasteiger partial charge in [0.2, 0.25) is 5.91 Å². The molecule has 0 spiro atoms. The molecule has 0 aliphatic heterocycles. The van der Waals surface area contributed by atoms with Crippen LogP contribution in [0.2, 0.25) is 0 Å². The van der Waals surface area contributed by atoms with Gasteiger partial charge < -0.3 is 16.0 Å². The van der Waals surface area contributed by atoms with Crippen LogP contribution >= 0.6 is 24.8 Å². The topological polar surface area (TPSA) is 83.8 Å². The van der Waals surface area contributed by atoms with Crippen molar-refractivity contribution in [3.8, 4) is 0 Å². The number of H-pyrrole nitrogens is 1. The number of hydrogen-bond acceptors (Lipinski definition) is 3. The van der Waals surface area contributed by atoms with Crippen LogP contribution in [0.1, 0.15) is 11.1 Å². The predicted molar refractivity (Wildman–Crippen MR) is 111 cm³/mol. The molecule has 0 saturated heterocycles. The number of aromatic amines is 1. The maximum absolute atomic E-state index is 13.0. The summed E-state index contributed by atoms with van der Waals surface area (Å²) in [4.78, 5) is 19.4. The number of nitrogens with two attached hydrogens (primary N) is 1. The second-order valence-electron chi connectivity index (χ2n) is 5.75. The molecule has 0 bridgehead atoms. The molecule has 2 heterocycles. The van der Waals surface area contributed by atoms with Crippen molar-refractivity contribution >= 4 is 47.8 Å². The standard InChI is InChI=1S/C19H19FN4O.2ClH/c20-15-6-3-13(4-7-15)10-16(11-21)24-18(25)8-5-14-12-23-19-17(14)2-1-9-22-19;;/h1-9,12,16H,10-11,21H2,(H,22,23)(H,24,25);2*1H/b8-5+;;/t16-;;/m0../s1. The highest BCUT2D eigenvalue weighted by atomic mass is 35.5. The number of carbonyl (C=O) groups excluding carboxylic acids is 1. The first-order valence-electron chi connectivity index (χ1n) is 8.01. The predicted octanol–water partition coefficient (Wildman–Crippen LogP) is 3.25. The van der Waals surface area contributed by atoms with Crippen LogP contribution in [0.15, 0.2) is 54.9 Å². The maximum Gasteiger partial charge on any atom is 0.244 e. The van der Waals surface area contributed by atoms with Crippen molar-refractivity contribution in [2.24, 2.45) is 5.73 Å². The van der Waals surface area contributed by atoms with Gasteiger partial charge in [0.1, 0.15) is 11.5 Å². The van der Waals surface area contributed by atoms with Crippen LogP contribution in [-0.2, 0) is 11.2 Å². The van der Waals surface area contributed by atoms with E-state index in [4.69, 9.17) is 5.73 Å². The molecule has 4 N–H and O–H groups in total. The van der Waals surface area contributed by atoms with Gasteiger partial charge >= 0.3 is 0 Å². The number of benzene rings is 1. The molecule has 1 atom stereocenters. The molecule has 27 heavy (non-hydrogen) atoms. The Morgan fingerprint density at radius 1 is 1.26 bits per heavy atom. The number of hydrogen-bond donors (Lipinski definition) is 3. The SMILES string of the molecule is Cl.Cl.NC[C@H](Cc1ccc(F)cc1)NC(=O)/C=C/c1c[nH]c2ncccc12. The average molecular weight is 411 g/mol. The number of aromatic nitrogens is 2. The van der Waals surface area contributed by atoms with Crippen molar-refractivity contribution < 1.29 is 9.18 Å². The van der Waals surface area contributed by atoms with E-state index in [1.54, 1.807) is 30.6 Å². The number of pyridine rings is 1. The first-order valence-corrected chi connectivity index (χ1v) is 8.01. The van der Waals surface area contributed by atoms with Crippen LogP contribution in [0.5, 0.6) is 0 Å². The van der Waals surface area contributed by atoms with Gasteiger partial charge in [-0.3, -0.25) is 4.79 Å². The van der Waals surface area contributed by atoms with Crippen LogP contribution in [0.4, 0.5) is 4.39 Å². The minimum absolute atomic E-state index is 0. The minimum atomic E-state index is -0.284. The van der Waals surface area contributed by atoms with Gasteiger partial charge in [-0.15, -0.1) is 24.8 Å². The zero-order valence-electron chi connectivity index (χ0n) is 14.4. The zero-order valence-corrected chi connectivity index (χ0v) is 16.0. The van der Waals surface area contributed by atoms with E-state index in [1.165, 1.54) is 18.2 Å². The Labute approximate surface area is 169 Å². The first kappa shape index (κ1) is 22.6. The van der Waals surface area contributed by atoms with Gasteiger partial charge in [-0.1, -0.05) is 12.1 Å². The molecule has 2 aromatic heterocycles. The van der Waals surface area contributed by atoms with Gasteiger partial charge in [0.25, 0.3) is 0 Å². The molecule has 0 aliphatic carbocycles. The number of nitrogens with zero attached hydrogens (tertiary/aromatic N) is 1. The second kappa shape index (κ2) is 10.7. The van der Waals surface area contributed by atoms with Crippen molar-refractivity contribution in [1.29, 1.82) is 0 Å². The molecule has 0 unspecified atom stereocenters. The Hall–Kier alpha value is -2.41. The van der Waals surface area contributed by atoms with Crippen molar-refractivity contribution in [2.45, 2.75) is 12.5 Å². The quantitative estimate of drug-likeness (QED) is 0.545. The first-order chi connectivity index (χ1) is 12.2. The molecule has 0 saturated carbocycles. The lowest BCUT2D eigenvalue weighted by Crippen LogP contribution is -2.40. The highest BCUT2D eigenvalue weighted by Crippen LogP contribution is 2.16. The van der Waals surface area contributed by atoms with Crippen LogP contribution < -0.4 is 11.1 Å². The van der Waals surface area contributed by atoms with Gasteiger partial charge in [0, 0.05) is 42.0 Å². The van der Waals surface area contributed by atoms with Crippen LogP contribution in [-0.4, -0.2) is 28.5 Å². The smallest absolute Gasteiger partial charge is 0.244 e. The fourth-order valence-corrected chi connectivity index (χ4v) is 2.63. The largest absolute Gasteiger partial charge is 0.348 e. The summed E-state index contributed by atoms with van der Waals surface area (Å²) in [6.07, 6.45) is 7.28. The van der Waals surface area contributed by atoms with E-state index >= 15 is 0 Å². The van der Waals surface area contributed by atoms with Crippen molar-refractivity contribution in [3.63, 3.8) is 0 Å². The molecule has 8 heteroatoms. The number of carbonyl (C=O) groups is 1. The lowest BCUT2D eigenvalue weighted by Gasteiger charge is -2.15. The van der Waals surface area contributed by atoms with Crippen molar-refractivity contribution in [1.82, 2.24) is 15.3 Å². The summed E-state index contributed by atoms with van der Waals surface area (Å²) in [5, 5.41) is 3.82. The summed E-state index contributed by atoms with van der Waals surface area (Å²) >= 11 is 0. The van der Waals surface area contributed by atoms with Crippen LogP contribution in [0, 0.1) is 5.82 Å². The number of fused-ring (bicyclic) bond motifs is 1. The van der Waals surface area contributed by atoms with Crippen LogP contribution in [0.25, 0.3) is 17.1 Å². The summed E-state index contributed by atoms with van der Waals surface area (Å²) in [5.74, 6) is -0.510. The van der Waals surface area contributed by atoms with Gasteiger partial charge in [0.15, 0.2) is 0 Å². The molecular formula is C19H21Cl2FN4O. The third-order valence-corrected chi connectivity index (χ3v) is 3.92. The van der Waals surface area contributed by atoms with E-state index in [0.717, 1.165) is 22.2 Å². The summed E-state index contributed by atoms with van der Waals surface area (Å²) in [5.41, 5.74) is 8.32. The monoisotopic (exact) mass is 410 g/mol. The Balaban J connectivity index is 0.00000182. The Morgan fingerprint density at radius 2 is 2.00 bits per heavy atom. The molecule has 3 rings (SSSR count). The second-order valence-corrected chi connectivity index (χ2v) is 5.75. The maximum atomic E-state index is 13.0. The molecule has 0 fully saturated rings. The van der Waals surface area contributed by atoms with Gasteiger partial charge in [-0.2, -0.15) is 0 Å². The number of halogens is 3. The van der Waals surface area contributed by atoms with E-state index < -0.39 is 0 Å². The van der Waals surface area contributed by atoms with Gasteiger partial charge in [-0.05, 0) is 42.3 Å². The minimum Gasteiger partial charge on any atom is -0.348 e. The third kappa shape index (κ3) is 6.06. The molecule has 1 aromatic carbocycles. The lowest BCUT2D eigenvalue weighted by atomic mass is 10.1. The number of nitrogens with one attached hydrogen (secondary N) is 2. The van der Waals surface area contributed by atoms with E-state index in [2.05, 4.69) is 15.3 Å². The van der Waals surface area contributed by atoms with E-state index in [9.17, 15) is 9.18 Å². The van der Waals surface area contributed by atoms with Crippen LogP contribution in [0.3, 0.4) is 0 Å². The van der Waals surface area contributed by atoms with Crippen molar-refractivity contribution in [2.75, 3.05) is 6.54 Å². The molecule has 3 aromatic rings. The molecule has 1 amide bonds. The van der Waals surface area contributed by atoms with E-state index in [0.29, 0.717) is 13.0 Å². The van der Waals surface area contributed by atoms with Gasteiger partial charge in [-0.25, -0.2) is 9.37 Å². The average Bonchev–Trinajstić information content (AvgIpc) is 3.04. The fourth-order valence-electron chi connectivity index (χ4n) is 2.63. The molecule has 0 radical (unpaired) electrons. The molecular weight excluding hydrogens is 390 g/mol. The van der Waals surface area contributed by atoms with E-state index in [1.807, 2.05) is 12.1 Å². The molecule has 5 nitrogen and oxygen atoms in total. The van der Waals surface area contributed by atoms with E-state index in [-0.39, 0.29) is 42.6 Å². The highest BCUT2D eigenvalue weighted by Gasteiger charge is 2.10. The zero-order chi connectivity index (χ0) is 17.6. The third-order valence-electron chi connectivity index (χ3n) is 3.92.